The molecule has 5 heterocycles. The highest BCUT2D eigenvalue weighted by Gasteiger charge is 2.28. The van der Waals surface area contributed by atoms with E-state index in [1.165, 1.54) is 5.56 Å². The lowest BCUT2D eigenvalue weighted by molar-refractivity contribution is -0.0411. The zero-order valence-corrected chi connectivity index (χ0v) is 16.2. The Labute approximate surface area is 156 Å². The SMILES string of the molecule is Cc1nc(N2CCOCC2)c2sc3nc4c(cc3c2n1)COC(C)(C)C4. The second-order valence-corrected chi connectivity index (χ2v) is 8.64. The molecule has 0 unspecified atom stereocenters. The van der Waals surface area contributed by atoms with Crippen molar-refractivity contribution in [2.45, 2.75) is 39.4 Å². The molecule has 3 aromatic heterocycles. The number of hydrogen-bond donors (Lipinski definition) is 0. The van der Waals surface area contributed by atoms with Gasteiger partial charge in [-0.3, -0.25) is 0 Å². The van der Waals surface area contributed by atoms with Crippen molar-refractivity contribution in [1.29, 1.82) is 0 Å². The van der Waals surface area contributed by atoms with Crippen LogP contribution in [0.1, 0.15) is 30.9 Å². The van der Waals surface area contributed by atoms with Crippen LogP contribution in [-0.4, -0.2) is 46.9 Å². The largest absolute Gasteiger partial charge is 0.378 e. The van der Waals surface area contributed by atoms with Crippen LogP contribution in [0.4, 0.5) is 5.82 Å². The molecule has 0 N–H and O–H groups in total. The van der Waals surface area contributed by atoms with Crippen LogP contribution < -0.4 is 4.90 Å². The standard InChI is InChI=1S/C19H22N4O2S/c1-11-20-15-13-8-12-10-25-19(2,3)9-14(12)22-18(13)26-16(15)17(21-11)23-4-6-24-7-5-23/h8H,4-7,9-10H2,1-3H3. The molecule has 0 aromatic carbocycles. The number of anilines is 1. The average molecular weight is 370 g/mol. The average Bonchev–Trinajstić information content (AvgIpc) is 2.96. The number of pyridine rings is 1. The zero-order valence-electron chi connectivity index (χ0n) is 15.3. The summed E-state index contributed by atoms with van der Waals surface area (Å²) in [5, 5.41) is 1.12. The van der Waals surface area contributed by atoms with Crippen molar-refractivity contribution in [3.8, 4) is 0 Å². The Hall–Kier alpha value is -1.83. The number of ether oxygens (including phenoxy) is 2. The monoisotopic (exact) mass is 370 g/mol. The Morgan fingerprint density at radius 3 is 2.77 bits per heavy atom. The van der Waals surface area contributed by atoms with Crippen LogP contribution in [0.5, 0.6) is 0 Å². The smallest absolute Gasteiger partial charge is 0.150 e. The summed E-state index contributed by atoms with van der Waals surface area (Å²) in [6.07, 6.45) is 0.841. The Balaban J connectivity index is 1.71. The van der Waals surface area contributed by atoms with E-state index in [0.717, 1.165) is 70.5 Å². The normalized spacial score (nSPS) is 19.9. The van der Waals surface area contributed by atoms with Crippen molar-refractivity contribution in [3.63, 3.8) is 0 Å². The second kappa shape index (κ2) is 5.84. The minimum atomic E-state index is -0.153. The third-order valence-corrected chi connectivity index (χ3v) is 6.18. The molecule has 5 rings (SSSR count). The summed E-state index contributed by atoms with van der Waals surface area (Å²) in [6, 6.07) is 2.22. The van der Waals surface area contributed by atoms with Gasteiger partial charge in [0.15, 0.2) is 5.82 Å². The second-order valence-electron chi connectivity index (χ2n) is 7.65. The van der Waals surface area contributed by atoms with Crippen LogP contribution in [0.2, 0.25) is 0 Å². The number of rotatable bonds is 1. The maximum absolute atomic E-state index is 5.98. The summed E-state index contributed by atoms with van der Waals surface area (Å²) >= 11 is 1.70. The summed E-state index contributed by atoms with van der Waals surface area (Å²) in [6.45, 7) is 10.0. The van der Waals surface area contributed by atoms with Gasteiger partial charge in [0.2, 0.25) is 0 Å². The van der Waals surface area contributed by atoms with E-state index in [1.807, 2.05) is 6.92 Å². The lowest BCUT2D eigenvalue weighted by Crippen LogP contribution is -2.36. The molecule has 7 heteroatoms. The molecule has 3 aromatic rings. The van der Waals surface area contributed by atoms with E-state index in [9.17, 15) is 0 Å². The maximum atomic E-state index is 5.98. The van der Waals surface area contributed by atoms with Gasteiger partial charge in [-0.2, -0.15) is 0 Å². The van der Waals surface area contributed by atoms with Gasteiger partial charge < -0.3 is 14.4 Å². The van der Waals surface area contributed by atoms with E-state index >= 15 is 0 Å². The zero-order chi connectivity index (χ0) is 17.9. The molecule has 6 nitrogen and oxygen atoms in total. The Bertz CT molecular complexity index is 1010. The van der Waals surface area contributed by atoms with Crippen molar-refractivity contribution in [3.05, 3.63) is 23.1 Å². The number of hydrogen-bond acceptors (Lipinski definition) is 7. The number of fused-ring (bicyclic) bond motifs is 4. The van der Waals surface area contributed by atoms with Crippen LogP contribution in [0.25, 0.3) is 20.4 Å². The van der Waals surface area contributed by atoms with E-state index in [1.54, 1.807) is 11.3 Å². The van der Waals surface area contributed by atoms with Crippen LogP contribution in [0.3, 0.4) is 0 Å². The molecule has 136 valence electrons. The van der Waals surface area contributed by atoms with Gasteiger partial charge in [-0.1, -0.05) is 0 Å². The Morgan fingerprint density at radius 2 is 1.96 bits per heavy atom. The fourth-order valence-electron chi connectivity index (χ4n) is 3.74. The first kappa shape index (κ1) is 16.4. The molecule has 1 saturated heterocycles. The molecule has 1 fully saturated rings. The summed E-state index contributed by atoms with van der Waals surface area (Å²) < 4.78 is 12.6. The highest BCUT2D eigenvalue weighted by Crippen LogP contribution is 2.39. The molecule has 0 radical (unpaired) electrons. The molecule has 0 atom stereocenters. The molecule has 0 aliphatic carbocycles. The van der Waals surface area contributed by atoms with Gasteiger partial charge in [0, 0.05) is 30.5 Å². The van der Waals surface area contributed by atoms with Gasteiger partial charge in [-0.15, -0.1) is 11.3 Å². The first-order valence-corrected chi connectivity index (χ1v) is 9.88. The minimum Gasteiger partial charge on any atom is -0.378 e. The van der Waals surface area contributed by atoms with Crippen molar-refractivity contribution < 1.29 is 9.47 Å². The van der Waals surface area contributed by atoms with Crippen LogP contribution >= 0.6 is 11.3 Å². The molecule has 0 amide bonds. The summed E-state index contributed by atoms with van der Waals surface area (Å²) in [5.74, 6) is 1.82. The molecular formula is C19H22N4O2S. The Morgan fingerprint density at radius 1 is 1.15 bits per heavy atom. The van der Waals surface area contributed by atoms with E-state index in [2.05, 4.69) is 24.8 Å². The van der Waals surface area contributed by atoms with Gasteiger partial charge in [0.05, 0.1) is 41.3 Å². The lowest BCUT2D eigenvalue weighted by atomic mass is 9.95. The van der Waals surface area contributed by atoms with E-state index in [4.69, 9.17) is 24.4 Å². The van der Waals surface area contributed by atoms with Crippen molar-refractivity contribution in [1.82, 2.24) is 15.0 Å². The van der Waals surface area contributed by atoms with Gasteiger partial charge in [-0.05, 0) is 26.8 Å². The predicted octanol–water partition coefficient (Wildman–Crippen LogP) is 3.24. The Kier molecular flexibility index (Phi) is 3.67. The number of morpholine rings is 1. The molecule has 0 bridgehead atoms. The summed E-state index contributed by atoms with van der Waals surface area (Å²) in [5.41, 5.74) is 3.19. The van der Waals surface area contributed by atoms with Crippen LogP contribution in [0, 0.1) is 6.92 Å². The molecular weight excluding hydrogens is 348 g/mol. The van der Waals surface area contributed by atoms with Crippen molar-refractivity contribution >= 4 is 37.6 Å². The van der Waals surface area contributed by atoms with Crippen LogP contribution in [0.15, 0.2) is 6.07 Å². The van der Waals surface area contributed by atoms with Gasteiger partial charge in [0.1, 0.15) is 10.7 Å². The number of nitrogens with zero attached hydrogens (tertiary/aromatic N) is 4. The van der Waals surface area contributed by atoms with Crippen LogP contribution in [-0.2, 0) is 22.5 Å². The van der Waals surface area contributed by atoms with Crippen molar-refractivity contribution in [2.75, 3.05) is 31.2 Å². The third kappa shape index (κ3) is 2.66. The quantitative estimate of drug-likeness (QED) is 0.655. The fraction of sp³-hybridized carbons (Fsp3) is 0.526. The molecule has 2 aliphatic rings. The fourth-order valence-corrected chi connectivity index (χ4v) is 4.87. The maximum Gasteiger partial charge on any atom is 0.150 e. The summed E-state index contributed by atoms with van der Waals surface area (Å²) in [4.78, 5) is 17.9. The molecule has 0 spiro atoms. The van der Waals surface area contributed by atoms with E-state index < -0.39 is 0 Å². The minimum absolute atomic E-state index is 0.153. The first-order chi connectivity index (χ1) is 12.5. The predicted molar refractivity (Wildman–Crippen MR) is 103 cm³/mol. The van der Waals surface area contributed by atoms with Gasteiger partial charge in [0.25, 0.3) is 0 Å². The third-order valence-electron chi connectivity index (χ3n) is 5.09. The molecule has 26 heavy (non-hydrogen) atoms. The highest BCUT2D eigenvalue weighted by molar-refractivity contribution is 7.25. The van der Waals surface area contributed by atoms with Crippen molar-refractivity contribution in [2.24, 2.45) is 0 Å². The topological polar surface area (TPSA) is 60.4 Å². The number of aryl methyl sites for hydroxylation is 1. The van der Waals surface area contributed by atoms with E-state index in [0.29, 0.717) is 6.61 Å². The molecule has 2 aliphatic heterocycles. The van der Waals surface area contributed by atoms with Gasteiger partial charge in [-0.25, -0.2) is 15.0 Å². The first-order valence-electron chi connectivity index (χ1n) is 9.06. The molecule has 0 saturated carbocycles. The number of thiophene rings is 1. The van der Waals surface area contributed by atoms with E-state index in [-0.39, 0.29) is 5.60 Å². The lowest BCUT2D eigenvalue weighted by Gasteiger charge is -2.30. The number of aromatic nitrogens is 3. The van der Waals surface area contributed by atoms with Gasteiger partial charge >= 0.3 is 0 Å². The highest BCUT2D eigenvalue weighted by atomic mass is 32.1. The summed E-state index contributed by atoms with van der Waals surface area (Å²) in [7, 11) is 0.